The summed E-state index contributed by atoms with van der Waals surface area (Å²) in [5.41, 5.74) is 1.40. The van der Waals surface area contributed by atoms with Crippen molar-refractivity contribution in [1.29, 1.82) is 0 Å². The summed E-state index contributed by atoms with van der Waals surface area (Å²) in [5, 5.41) is 0. The van der Waals surface area contributed by atoms with E-state index in [0.717, 1.165) is 19.6 Å². The molecule has 110 valence electrons. The maximum Gasteiger partial charge on any atom is 0.175 e. The molecule has 1 saturated carbocycles. The summed E-state index contributed by atoms with van der Waals surface area (Å²) in [7, 11) is 3.61. The van der Waals surface area contributed by atoms with E-state index < -0.39 is 0 Å². The van der Waals surface area contributed by atoms with Gasteiger partial charge in [0, 0.05) is 45.7 Å². The zero-order chi connectivity index (χ0) is 14.0. The van der Waals surface area contributed by atoms with Crippen LogP contribution in [0, 0.1) is 11.8 Å². The van der Waals surface area contributed by atoms with Crippen molar-refractivity contribution in [3.8, 4) is 0 Å². The van der Waals surface area contributed by atoms with Crippen LogP contribution in [0.15, 0.2) is 30.3 Å². The number of benzene rings is 1. The van der Waals surface area contributed by atoms with Gasteiger partial charge in [-0.1, -0.05) is 36.8 Å². The Bertz CT molecular complexity index is 414. The van der Waals surface area contributed by atoms with E-state index in [9.17, 15) is 0 Å². The second-order valence-corrected chi connectivity index (χ2v) is 6.13. The number of piperidine rings is 1. The lowest BCUT2D eigenvalue weighted by Crippen LogP contribution is -2.61. The summed E-state index contributed by atoms with van der Waals surface area (Å²) in [5.74, 6) is 0.647. The van der Waals surface area contributed by atoms with E-state index in [2.05, 4.69) is 35.2 Å². The molecule has 0 aromatic heterocycles. The van der Waals surface area contributed by atoms with Crippen LogP contribution in [0.25, 0.3) is 0 Å². The van der Waals surface area contributed by atoms with Gasteiger partial charge in [-0.05, 0) is 18.4 Å². The van der Waals surface area contributed by atoms with E-state index in [1.165, 1.54) is 24.8 Å². The number of nitrogens with zero attached hydrogens (tertiary/aromatic N) is 1. The van der Waals surface area contributed by atoms with Crippen molar-refractivity contribution in [3.05, 3.63) is 35.9 Å². The number of hydrogen-bond acceptors (Lipinski definition) is 3. The van der Waals surface area contributed by atoms with Gasteiger partial charge in [0.05, 0.1) is 0 Å². The van der Waals surface area contributed by atoms with Gasteiger partial charge in [-0.2, -0.15) is 0 Å². The van der Waals surface area contributed by atoms with Crippen molar-refractivity contribution in [2.24, 2.45) is 11.8 Å². The Kier molecular flexibility index (Phi) is 4.11. The molecular formula is C17H25NO2. The van der Waals surface area contributed by atoms with Crippen LogP contribution in [0.4, 0.5) is 0 Å². The van der Waals surface area contributed by atoms with Crippen LogP contribution < -0.4 is 0 Å². The van der Waals surface area contributed by atoms with E-state index in [-0.39, 0.29) is 5.79 Å². The highest BCUT2D eigenvalue weighted by atomic mass is 16.7. The Morgan fingerprint density at radius 2 is 1.65 bits per heavy atom. The van der Waals surface area contributed by atoms with Gasteiger partial charge in [-0.3, -0.25) is 4.90 Å². The molecule has 1 aromatic carbocycles. The Morgan fingerprint density at radius 1 is 1.05 bits per heavy atom. The molecule has 3 nitrogen and oxygen atoms in total. The Labute approximate surface area is 121 Å². The molecule has 0 N–H and O–H groups in total. The van der Waals surface area contributed by atoms with Gasteiger partial charge in [0.1, 0.15) is 0 Å². The lowest BCUT2D eigenvalue weighted by Gasteiger charge is -2.53. The van der Waals surface area contributed by atoms with Gasteiger partial charge in [0.2, 0.25) is 0 Å². The van der Waals surface area contributed by atoms with Gasteiger partial charge < -0.3 is 9.47 Å². The number of hydrogen-bond donors (Lipinski definition) is 0. The molecule has 3 rings (SSSR count). The van der Waals surface area contributed by atoms with Gasteiger partial charge >= 0.3 is 0 Å². The van der Waals surface area contributed by atoms with Crippen LogP contribution in [0.5, 0.6) is 0 Å². The zero-order valence-electron chi connectivity index (χ0n) is 12.5. The van der Waals surface area contributed by atoms with Crippen molar-refractivity contribution >= 4 is 0 Å². The molecule has 1 heterocycles. The number of ether oxygens (including phenoxy) is 2. The van der Waals surface area contributed by atoms with Gasteiger partial charge in [-0.25, -0.2) is 0 Å². The third-order valence-electron chi connectivity index (χ3n) is 5.09. The molecule has 2 bridgehead atoms. The quantitative estimate of drug-likeness (QED) is 0.789. The lowest BCUT2D eigenvalue weighted by molar-refractivity contribution is -0.303. The summed E-state index contributed by atoms with van der Waals surface area (Å²) < 4.78 is 11.7. The van der Waals surface area contributed by atoms with E-state index in [4.69, 9.17) is 9.47 Å². The number of fused-ring (bicyclic) bond motifs is 2. The second kappa shape index (κ2) is 5.84. The van der Waals surface area contributed by atoms with E-state index in [1.807, 2.05) is 14.2 Å². The van der Waals surface area contributed by atoms with Crippen LogP contribution in [0.2, 0.25) is 0 Å². The monoisotopic (exact) mass is 275 g/mol. The number of rotatable bonds is 4. The number of likely N-dealkylation sites (tertiary alicyclic amines) is 1. The highest BCUT2D eigenvalue weighted by molar-refractivity contribution is 5.15. The first-order valence-corrected chi connectivity index (χ1v) is 7.65. The first-order valence-electron chi connectivity index (χ1n) is 7.65. The minimum atomic E-state index is -0.342. The Morgan fingerprint density at radius 3 is 2.20 bits per heavy atom. The maximum absolute atomic E-state index is 5.84. The molecule has 0 amide bonds. The molecule has 0 unspecified atom stereocenters. The summed E-state index contributed by atoms with van der Waals surface area (Å²) >= 11 is 0. The van der Waals surface area contributed by atoms with Crippen LogP contribution in [0.1, 0.15) is 24.8 Å². The fraction of sp³-hybridized carbons (Fsp3) is 0.647. The van der Waals surface area contributed by atoms with Gasteiger partial charge in [-0.15, -0.1) is 0 Å². The second-order valence-electron chi connectivity index (χ2n) is 6.13. The molecule has 1 aliphatic carbocycles. The van der Waals surface area contributed by atoms with Crippen molar-refractivity contribution < 1.29 is 9.47 Å². The first kappa shape index (κ1) is 14.1. The smallest absolute Gasteiger partial charge is 0.175 e. The minimum Gasteiger partial charge on any atom is -0.353 e. The molecule has 0 spiro atoms. The number of methoxy groups -OCH3 is 2. The molecule has 2 fully saturated rings. The molecule has 1 saturated heterocycles. The normalized spacial score (nSPS) is 29.3. The third kappa shape index (κ3) is 2.39. The van der Waals surface area contributed by atoms with Crippen LogP contribution in [-0.2, 0) is 16.0 Å². The fourth-order valence-electron chi connectivity index (χ4n) is 4.20. The standard InChI is InChI=1S/C17H25NO2/c1-19-17(20-2)15-9-6-10-16(17)13-18(12-15)11-14-7-4-3-5-8-14/h3-5,7-8,15-16H,6,9-13H2,1-2H3/t15-,16-/m0/s1. The molecule has 20 heavy (non-hydrogen) atoms. The molecule has 2 atom stereocenters. The minimum absolute atomic E-state index is 0.342. The molecule has 3 heteroatoms. The Hall–Kier alpha value is -0.900. The van der Waals surface area contributed by atoms with E-state index in [1.54, 1.807) is 0 Å². The van der Waals surface area contributed by atoms with Gasteiger partial charge in [0.25, 0.3) is 0 Å². The van der Waals surface area contributed by atoms with E-state index in [0.29, 0.717) is 11.8 Å². The summed E-state index contributed by atoms with van der Waals surface area (Å²) in [4.78, 5) is 2.57. The maximum atomic E-state index is 5.84. The SMILES string of the molecule is COC1(OC)[C@H]2CCC[C@H]1CN(Cc1ccccc1)C2. The van der Waals surface area contributed by atoms with Crippen LogP contribution in [-0.4, -0.2) is 38.0 Å². The largest absolute Gasteiger partial charge is 0.353 e. The summed E-state index contributed by atoms with van der Waals surface area (Å²) in [6.07, 6.45) is 3.73. The molecular weight excluding hydrogens is 250 g/mol. The summed E-state index contributed by atoms with van der Waals surface area (Å²) in [6.45, 7) is 3.19. The molecule has 1 aliphatic heterocycles. The molecule has 1 aromatic rings. The molecule has 2 aliphatic rings. The zero-order valence-corrected chi connectivity index (χ0v) is 12.5. The third-order valence-corrected chi connectivity index (χ3v) is 5.09. The molecule has 0 radical (unpaired) electrons. The van der Waals surface area contributed by atoms with Crippen LogP contribution >= 0.6 is 0 Å². The van der Waals surface area contributed by atoms with Crippen molar-refractivity contribution in [3.63, 3.8) is 0 Å². The highest BCUT2D eigenvalue weighted by Crippen LogP contribution is 2.45. The predicted molar refractivity (Wildman–Crippen MR) is 79.3 cm³/mol. The van der Waals surface area contributed by atoms with Crippen LogP contribution in [0.3, 0.4) is 0 Å². The first-order chi connectivity index (χ1) is 9.78. The highest BCUT2D eigenvalue weighted by Gasteiger charge is 2.52. The lowest BCUT2D eigenvalue weighted by atomic mass is 9.72. The topological polar surface area (TPSA) is 21.7 Å². The summed E-state index contributed by atoms with van der Waals surface area (Å²) in [6, 6.07) is 10.7. The predicted octanol–water partition coefficient (Wildman–Crippen LogP) is 2.91. The van der Waals surface area contributed by atoms with Crippen molar-refractivity contribution in [2.45, 2.75) is 31.6 Å². The average Bonchev–Trinajstić information content (AvgIpc) is 2.47. The van der Waals surface area contributed by atoms with Gasteiger partial charge in [0.15, 0.2) is 5.79 Å². The Balaban J connectivity index is 1.74. The van der Waals surface area contributed by atoms with Crippen molar-refractivity contribution in [1.82, 2.24) is 4.90 Å². The fourth-order valence-corrected chi connectivity index (χ4v) is 4.20. The van der Waals surface area contributed by atoms with E-state index >= 15 is 0 Å². The van der Waals surface area contributed by atoms with Crippen molar-refractivity contribution in [2.75, 3.05) is 27.3 Å². The average molecular weight is 275 g/mol.